The van der Waals surface area contributed by atoms with Gasteiger partial charge in [0.25, 0.3) is 0 Å². The number of halogens is 2. The van der Waals surface area contributed by atoms with Gasteiger partial charge in [-0.25, -0.2) is 0 Å². The summed E-state index contributed by atoms with van der Waals surface area (Å²) in [4.78, 5) is 2.31. The number of aliphatic hydroxyl groups excluding tert-OH is 1. The average molecular weight is 376 g/mol. The minimum atomic E-state index is -0.584. The topological polar surface area (TPSA) is 23.5 Å². The maximum atomic E-state index is 10.7. The van der Waals surface area contributed by atoms with Gasteiger partial charge in [-0.1, -0.05) is 71.2 Å². The van der Waals surface area contributed by atoms with Gasteiger partial charge in [0.2, 0.25) is 0 Å². The summed E-state index contributed by atoms with van der Waals surface area (Å²) in [6.07, 6.45) is 3.76. The van der Waals surface area contributed by atoms with E-state index in [1.54, 1.807) is 12.1 Å². The Hall–Kier alpha value is -1.32. The summed E-state index contributed by atoms with van der Waals surface area (Å²) < 4.78 is 0. The lowest BCUT2D eigenvalue weighted by molar-refractivity contribution is 0.0623. The van der Waals surface area contributed by atoms with Crippen molar-refractivity contribution in [3.05, 3.63) is 81.4 Å². The Morgan fingerprint density at radius 3 is 2.48 bits per heavy atom. The molecule has 0 saturated heterocycles. The van der Waals surface area contributed by atoms with Crippen molar-refractivity contribution < 1.29 is 5.11 Å². The van der Waals surface area contributed by atoms with Gasteiger partial charge in [-0.2, -0.15) is 0 Å². The molecule has 2 aromatic carbocycles. The molecule has 132 valence electrons. The number of benzene rings is 2. The summed E-state index contributed by atoms with van der Waals surface area (Å²) in [5, 5.41) is 11.7. The molecule has 0 aromatic heterocycles. The third-order valence-corrected chi connectivity index (χ3v) is 5.67. The fraction of sp³-hybridized carbons (Fsp3) is 0.333. The first kappa shape index (κ1) is 18.5. The van der Waals surface area contributed by atoms with Crippen LogP contribution in [0.25, 0.3) is 0 Å². The van der Waals surface area contributed by atoms with Crippen LogP contribution in [0.15, 0.2) is 60.2 Å². The quantitative estimate of drug-likeness (QED) is 0.717. The van der Waals surface area contributed by atoms with Gasteiger partial charge in [0.1, 0.15) is 0 Å². The van der Waals surface area contributed by atoms with E-state index in [0.29, 0.717) is 10.0 Å². The molecule has 0 spiro atoms. The maximum Gasteiger partial charge on any atom is 0.0943 e. The molecule has 0 amide bonds. The molecule has 0 bridgehead atoms. The van der Waals surface area contributed by atoms with Crippen LogP contribution in [-0.4, -0.2) is 29.1 Å². The molecule has 2 nitrogen and oxygen atoms in total. The molecule has 2 atom stereocenters. The Morgan fingerprint density at radius 1 is 1.08 bits per heavy atom. The third-order valence-electron chi connectivity index (χ3n) is 4.93. The minimum Gasteiger partial charge on any atom is -0.387 e. The van der Waals surface area contributed by atoms with E-state index in [0.717, 1.165) is 31.5 Å². The Kier molecular flexibility index (Phi) is 6.19. The van der Waals surface area contributed by atoms with Gasteiger partial charge in [0.15, 0.2) is 0 Å². The highest BCUT2D eigenvalue weighted by molar-refractivity contribution is 6.42. The van der Waals surface area contributed by atoms with Crippen molar-refractivity contribution in [3.8, 4) is 0 Å². The number of hydrogen-bond donors (Lipinski definition) is 1. The summed E-state index contributed by atoms with van der Waals surface area (Å²) in [7, 11) is 0. The van der Waals surface area contributed by atoms with E-state index in [2.05, 4.69) is 42.2 Å². The number of nitrogens with zero attached hydrogens (tertiary/aromatic N) is 1. The van der Waals surface area contributed by atoms with Crippen molar-refractivity contribution in [2.24, 2.45) is 0 Å². The fourth-order valence-corrected chi connectivity index (χ4v) is 3.60. The van der Waals surface area contributed by atoms with Crippen molar-refractivity contribution >= 4 is 23.2 Å². The molecular weight excluding hydrogens is 353 g/mol. The van der Waals surface area contributed by atoms with Crippen molar-refractivity contribution in [3.63, 3.8) is 0 Å². The van der Waals surface area contributed by atoms with Crippen LogP contribution in [0.3, 0.4) is 0 Å². The summed E-state index contributed by atoms with van der Waals surface area (Å²) in [6, 6.07) is 15.9. The zero-order valence-electron chi connectivity index (χ0n) is 14.3. The van der Waals surface area contributed by atoms with E-state index in [1.165, 1.54) is 11.1 Å². The third kappa shape index (κ3) is 4.65. The fourth-order valence-electron chi connectivity index (χ4n) is 3.29. The van der Waals surface area contributed by atoms with Gasteiger partial charge in [-0.3, -0.25) is 4.90 Å². The zero-order chi connectivity index (χ0) is 17.8. The van der Waals surface area contributed by atoms with E-state index in [1.807, 2.05) is 12.1 Å². The van der Waals surface area contributed by atoms with Gasteiger partial charge in [0, 0.05) is 19.1 Å². The van der Waals surface area contributed by atoms with Crippen molar-refractivity contribution in [1.82, 2.24) is 4.90 Å². The Balaban J connectivity index is 1.62. The van der Waals surface area contributed by atoms with Crippen LogP contribution in [0.5, 0.6) is 0 Å². The number of rotatable bonds is 5. The summed E-state index contributed by atoms with van der Waals surface area (Å²) in [6.45, 7) is 3.88. The van der Waals surface area contributed by atoms with Crippen LogP contribution in [0, 0.1) is 0 Å². The molecule has 0 saturated carbocycles. The lowest BCUT2D eigenvalue weighted by atomic mass is 9.96. The molecule has 0 aliphatic carbocycles. The molecule has 4 heteroatoms. The Labute approximate surface area is 159 Å². The van der Waals surface area contributed by atoms with Gasteiger partial charge in [0.05, 0.1) is 16.1 Å². The normalized spacial score (nSPS) is 17.8. The molecule has 1 aliphatic heterocycles. The molecule has 1 heterocycles. The Morgan fingerprint density at radius 2 is 1.84 bits per heavy atom. The van der Waals surface area contributed by atoms with E-state index < -0.39 is 6.10 Å². The van der Waals surface area contributed by atoms with Crippen LogP contribution in [0.1, 0.15) is 30.6 Å². The molecule has 1 aliphatic rings. The highest BCUT2D eigenvalue weighted by atomic mass is 35.5. The lowest BCUT2D eigenvalue weighted by Gasteiger charge is -2.34. The monoisotopic (exact) mass is 375 g/mol. The first-order chi connectivity index (χ1) is 12.0. The van der Waals surface area contributed by atoms with E-state index in [9.17, 15) is 5.11 Å². The second-order valence-electron chi connectivity index (χ2n) is 6.63. The summed E-state index contributed by atoms with van der Waals surface area (Å²) >= 11 is 12.0. The zero-order valence-corrected chi connectivity index (χ0v) is 15.8. The van der Waals surface area contributed by atoms with E-state index in [4.69, 9.17) is 23.2 Å². The van der Waals surface area contributed by atoms with Crippen LogP contribution in [0.2, 0.25) is 10.0 Å². The molecular formula is C21H23Cl2NO. The van der Waals surface area contributed by atoms with Crippen molar-refractivity contribution in [2.75, 3.05) is 13.1 Å². The number of aliphatic hydroxyl groups is 1. The van der Waals surface area contributed by atoms with Crippen LogP contribution in [0.4, 0.5) is 0 Å². The van der Waals surface area contributed by atoms with Crippen molar-refractivity contribution in [1.29, 1.82) is 0 Å². The first-order valence-electron chi connectivity index (χ1n) is 8.63. The molecule has 0 unspecified atom stereocenters. The molecule has 25 heavy (non-hydrogen) atoms. The largest absolute Gasteiger partial charge is 0.387 e. The molecule has 0 radical (unpaired) electrons. The van der Waals surface area contributed by atoms with E-state index >= 15 is 0 Å². The van der Waals surface area contributed by atoms with Gasteiger partial charge < -0.3 is 5.11 Å². The average Bonchev–Trinajstić information content (AvgIpc) is 2.64. The van der Waals surface area contributed by atoms with Gasteiger partial charge in [-0.15, -0.1) is 0 Å². The van der Waals surface area contributed by atoms with Crippen LogP contribution < -0.4 is 0 Å². The smallest absolute Gasteiger partial charge is 0.0943 e. The van der Waals surface area contributed by atoms with E-state index in [-0.39, 0.29) is 6.04 Å². The Bertz CT molecular complexity index is 745. The maximum absolute atomic E-state index is 10.7. The molecule has 0 fully saturated rings. The predicted octanol–water partition coefficient (Wildman–Crippen LogP) is 5.29. The van der Waals surface area contributed by atoms with Gasteiger partial charge >= 0.3 is 0 Å². The molecule has 1 N–H and O–H groups in total. The van der Waals surface area contributed by atoms with Crippen LogP contribution >= 0.6 is 23.2 Å². The number of hydrogen-bond acceptors (Lipinski definition) is 2. The predicted molar refractivity (Wildman–Crippen MR) is 105 cm³/mol. The minimum absolute atomic E-state index is 0.0202. The highest BCUT2D eigenvalue weighted by Crippen LogP contribution is 2.29. The van der Waals surface area contributed by atoms with Gasteiger partial charge in [-0.05, 0) is 43.0 Å². The highest BCUT2D eigenvalue weighted by Gasteiger charge is 2.25. The summed E-state index contributed by atoms with van der Waals surface area (Å²) in [5.74, 6) is 0. The molecule has 3 rings (SSSR count). The molecule has 2 aromatic rings. The van der Waals surface area contributed by atoms with Crippen LogP contribution in [-0.2, 0) is 6.42 Å². The lowest BCUT2D eigenvalue weighted by Crippen LogP contribution is -2.40. The second-order valence-corrected chi connectivity index (χ2v) is 7.44. The SMILES string of the molecule is C[C@@H]([C@H](O)c1ccc(Cl)c(Cl)c1)N1CC=C(Cc2ccccc2)CC1. The summed E-state index contributed by atoms with van der Waals surface area (Å²) in [5.41, 5.74) is 3.63. The first-order valence-corrected chi connectivity index (χ1v) is 9.39. The second kappa shape index (κ2) is 8.37. The standard InChI is InChI=1S/C21H23Cl2NO/c1-15(21(25)18-7-8-19(22)20(23)14-18)24-11-9-17(10-12-24)13-16-5-3-2-4-6-16/h2-9,14-15,21,25H,10-13H2,1H3/t15-,21-/m0/s1. The van der Waals surface area contributed by atoms with Crippen molar-refractivity contribution in [2.45, 2.75) is 31.9 Å².